The number of quaternary nitrogens is 1. The van der Waals surface area contributed by atoms with E-state index in [1.54, 1.807) is 43.3 Å². The van der Waals surface area contributed by atoms with Gasteiger partial charge in [0, 0.05) is 41.8 Å². The number of benzene rings is 1. The topological polar surface area (TPSA) is 132 Å². The predicted molar refractivity (Wildman–Crippen MR) is 154 cm³/mol. The first-order valence-corrected chi connectivity index (χ1v) is 15.2. The number of amides is 1. The molecular formula is C28H35BF2N4O6S. The van der Waals surface area contributed by atoms with Crippen LogP contribution >= 0.6 is 0 Å². The molecule has 2 N–H and O–H groups in total. The quantitative estimate of drug-likeness (QED) is 0.217. The molecule has 0 radical (unpaired) electrons. The molecule has 0 saturated carbocycles. The number of halogens is 2. The number of nitrogens with one attached hydrogen (secondary N) is 1. The third-order valence-corrected chi connectivity index (χ3v) is 8.11. The molecule has 1 aromatic heterocycles. The minimum atomic E-state index is -4.93. The molecular weight excluding hydrogens is 569 g/mol. The number of carbonyl (C=O) groups excluding carboxylic acids is 1. The van der Waals surface area contributed by atoms with Crippen molar-refractivity contribution in [2.75, 3.05) is 33.4 Å². The first-order valence-electron chi connectivity index (χ1n) is 13.6. The van der Waals surface area contributed by atoms with Gasteiger partial charge in [0.25, 0.3) is 0 Å². The molecule has 10 nitrogen and oxygen atoms in total. The normalized spacial score (nSPS) is 16.8. The lowest BCUT2D eigenvalue weighted by Crippen LogP contribution is -2.51. The average Bonchev–Trinajstić information content (AvgIpc) is 3.40. The van der Waals surface area contributed by atoms with Crippen LogP contribution < -0.4 is 5.32 Å². The standard InChI is InChI=1S/C28H35BF2N4O6S/c1-19-15-22(12-13-27(36)32-23(28(37)38)18-42(39,40)41)33-24(19)17-26-21(11-8-14-35(2,3)4)16-25(34(26)29(33,30)31)20-9-6-5-7-10-20/h5-7,9-10,15-17,23H,8,11-14,18H2,1-4H3,(H2-,32,36,37,38,39,40,41). The third kappa shape index (κ3) is 6.88. The van der Waals surface area contributed by atoms with Gasteiger partial charge in [-0.3, -0.25) is 4.79 Å². The van der Waals surface area contributed by atoms with E-state index in [4.69, 9.17) is 0 Å². The Hall–Kier alpha value is -3.62. The van der Waals surface area contributed by atoms with E-state index in [0.717, 1.165) is 32.0 Å². The molecule has 226 valence electrons. The first kappa shape index (κ1) is 31.3. The highest BCUT2D eigenvalue weighted by Crippen LogP contribution is 2.39. The van der Waals surface area contributed by atoms with E-state index in [0.29, 0.717) is 34.7 Å². The number of carboxylic acid groups (broad SMARTS) is 1. The Balaban J connectivity index is 1.67. The molecule has 1 unspecified atom stereocenters. The van der Waals surface area contributed by atoms with Crippen LogP contribution in [0.4, 0.5) is 8.63 Å². The maximum absolute atomic E-state index is 16.6. The van der Waals surface area contributed by atoms with E-state index in [1.807, 2.05) is 17.5 Å². The summed E-state index contributed by atoms with van der Waals surface area (Å²) in [4.78, 5) is 23.8. The molecule has 1 aromatic carbocycles. The number of aryl methyl sites for hydroxylation is 2. The van der Waals surface area contributed by atoms with E-state index in [9.17, 15) is 27.7 Å². The fourth-order valence-electron chi connectivity index (χ4n) is 5.48. The van der Waals surface area contributed by atoms with Crippen molar-refractivity contribution < 1.29 is 45.3 Å². The minimum Gasteiger partial charge on any atom is -0.748 e. The van der Waals surface area contributed by atoms with Crippen LogP contribution in [-0.4, -0.2) is 95.6 Å². The van der Waals surface area contributed by atoms with Crippen molar-refractivity contribution in [3.63, 3.8) is 0 Å². The second-order valence-corrected chi connectivity index (χ2v) is 13.2. The van der Waals surface area contributed by atoms with Gasteiger partial charge in [0.2, 0.25) is 5.91 Å². The van der Waals surface area contributed by atoms with Crippen LogP contribution in [0.15, 0.2) is 53.7 Å². The molecule has 3 heterocycles. The molecule has 1 atom stereocenters. The van der Waals surface area contributed by atoms with Gasteiger partial charge in [-0.25, -0.2) is 13.2 Å². The Morgan fingerprint density at radius 3 is 2.40 bits per heavy atom. The Kier molecular flexibility index (Phi) is 8.63. The molecule has 2 aromatic rings. The molecule has 0 saturated heterocycles. The van der Waals surface area contributed by atoms with Crippen molar-refractivity contribution in [3.05, 3.63) is 76.3 Å². The van der Waals surface area contributed by atoms with Crippen molar-refractivity contribution in [2.45, 2.75) is 38.6 Å². The Bertz CT molecular complexity index is 1610. The van der Waals surface area contributed by atoms with Crippen LogP contribution in [0.3, 0.4) is 0 Å². The van der Waals surface area contributed by atoms with E-state index in [2.05, 4.69) is 21.1 Å². The molecule has 0 bridgehead atoms. The van der Waals surface area contributed by atoms with Gasteiger partial charge >= 0.3 is 12.9 Å². The lowest BCUT2D eigenvalue weighted by atomic mass is 9.88. The number of fused-ring (bicyclic) bond motifs is 2. The number of carbonyl (C=O) groups is 2. The Morgan fingerprint density at radius 1 is 1.14 bits per heavy atom. The van der Waals surface area contributed by atoms with Gasteiger partial charge in [-0.15, -0.1) is 0 Å². The average molecular weight is 604 g/mol. The highest BCUT2D eigenvalue weighted by molar-refractivity contribution is 7.85. The number of hydrogen-bond acceptors (Lipinski definition) is 5. The van der Waals surface area contributed by atoms with Crippen molar-refractivity contribution in [2.24, 2.45) is 0 Å². The lowest BCUT2D eigenvalue weighted by Gasteiger charge is -2.32. The summed E-state index contributed by atoms with van der Waals surface area (Å²) in [5.74, 6) is -3.88. The number of hydrogen-bond donors (Lipinski definition) is 2. The fourth-order valence-corrected chi connectivity index (χ4v) is 6.11. The number of nitrogens with zero attached hydrogens (tertiary/aromatic N) is 3. The SMILES string of the molecule is Cc1cc(CCC(=O)NC(CS(=O)(=O)[O-])C(=O)O)n2c1C=C1C(CCC[N+](C)(C)C)=CC(c3ccccc3)=[N+]1[B-]2(F)F. The van der Waals surface area contributed by atoms with Crippen LogP contribution in [0.1, 0.15) is 41.8 Å². The van der Waals surface area contributed by atoms with Gasteiger partial charge < -0.3 is 37.1 Å². The fraction of sp³-hybridized carbons (Fsp3) is 0.393. The van der Waals surface area contributed by atoms with Crippen LogP contribution in [0, 0.1) is 6.92 Å². The van der Waals surface area contributed by atoms with Crippen LogP contribution in [0.5, 0.6) is 0 Å². The van der Waals surface area contributed by atoms with Crippen molar-refractivity contribution in [3.8, 4) is 0 Å². The zero-order chi connectivity index (χ0) is 31.0. The molecule has 4 rings (SSSR count). The van der Waals surface area contributed by atoms with Gasteiger partial charge in [0.1, 0.15) is 6.04 Å². The van der Waals surface area contributed by atoms with E-state index < -0.39 is 47.2 Å². The first-order chi connectivity index (χ1) is 19.5. The maximum Gasteiger partial charge on any atom is 0.737 e. The third-order valence-electron chi connectivity index (χ3n) is 7.37. The molecule has 14 heteroatoms. The molecule has 2 aliphatic heterocycles. The van der Waals surface area contributed by atoms with Gasteiger partial charge in [-0.2, -0.15) is 0 Å². The Morgan fingerprint density at radius 2 is 1.81 bits per heavy atom. The molecule has 0 fully saturated rings. The van der Waals surface area contributed by atoms with Gasteiger partial charge in [0.15, 0.2) is 11.4 Å². The van der Waals surface area contributed by atoms with Gasteiger partial charge in [-0.1, -0.05) is 18.2 Å². The van der Waals surface area contributed by atoms with Crippen LogP contribution in [0.2, 0.25) is 0 Å². The largest absolute Gasteiger partial charge is 0.748 e. The van der Waals surface area contributed by atoms with Gasteiger partial charge in [-0.05, 0) is 49.2 Å². The van der Waals surface area contributed by atoms with Crippen molar-refractivity contribution >= 4 is 40.8 Å². The molecule has 0 spiro atoms. The second kappa shape index (κ2) is 11.6. The predicted octanol–water partition coefficient (Wildman–Crippen LogP) is 2.35. The Labute approximate surface area is 244 Å². The highest BCUT2D eigenvalue weighted by atomic mass is 32.2. The monoisotopic (exact) mass is 604 g/mol. The lowest BCUT2D eigenvalue weighted by molar-refractivity contribution is -0.870. The summed E-state index contributed by atoms with van der Waals surface area (Å²) < 4.78 is 69.1. The molecule has 1 amide bonds. The number of rotatable bonds is 12. The summed E-state index contributed by atoms with van der Waals surface area (Å²) in [7, 11) is 1.32. The maximum atomic E-state index is 16.6. The smallest absolute Gasteiger partial charge is 0.737 e. The number of allylic oxidation sites excluding steroid dienone is 2. The summed E-state index contributed by atoms with van der Waals surface area (Å²) >= 11 is 0. The summed E-state index contributed by atoms with van der Waals surface area (Å²) in [5, 5.41) is 11.2. The number of aromatic nitrogens is 1. The summed E-state index contributed by atoms with van der Waals surface area (Å²) in [6.07, 6.45) is 4.46. The van der Waals surface area contributed by atoms with Crippen molar-refractivity contribution in [1.29, 1.82) is 0 Å². The summed E-state index contributed by atoms with van der Waals surface area (Å²) in [6.45, 7) is -1.81. The van der Waals surface area contributed by atoms with Gasteiger partial charge in [0.05, 0.1) is 43.6 Å². The van der Waals surface area contributed by atoms with Crippen LogP contribution in [-0.2, 0) is 26.1 Å². The van der Waals surface area contributed by atoms with E-state index in [-0.39, 0.29) is 12.1 Å². The second-order valence-electron chi connectivity index (χ2n) is 11.8. The zero-order valence-corrected chi connectivity index (χ0v) is 24.8. The zero-order valence-electron chi connectivity index (χ0n) is 24.0. The summed E-state index contributed by atoms with van der Waals surface area (Å²) in [5.41, 5.74) is 3.40. The number of aliphatic carboxylic acids is 1. The number of carboxylic acids is 1. The van der Waals surface area contributed by atoms with E-state index >= 15 is 8.63 Å². The minimum absolute atomic E-state index is 0.165. The molecule has 42 heavy (non-hydrogen) atoms. The van der Waals surface area contributed by atoms with Crippen LogP contribution in [0.25, 0.3) is 6.08 Å². The molecule has 0 aliphatic carbocycles. The van der Waals surface area contributed by atoms with E-state index in [1.165, 1.54) is 0 Å². The molecule has 2 aliphatic rings. The van der Waals surface area contributed by atoms with Crippen molar-refractivity contribution in [1.82, 2.24) is 9.79 Å². The highest BCUT2D eigenvalue weighted by Gasteiger charge is 2.54. The summed E-state index contributed by atoms with van der Waals surface area (Å²) in [6, 6.07) is 8.62.